The number of rotatable bonds is 2. The maximum atomic E-state index is 13.2. The molecule has 0 radical (unpaired) electrons. The fourth-order valence-electron chi connectivity index (χ4n) is 5.60. The standard InChI is InChI=1S/C24H21N5O2S/c30-23-22-27-26-20(9-13-5-7-32-8-6-13)29(22)19-11-16-17(10-18(19)25-23)24(31)28-12-14-3-1-2-4-15(14)21(16)28/h1-4,10-11,13,21H,5-9,12H2,(H,25,30). The smallest absolute Gasteiger partial charge is 0.294 e. The van der Waals surface area contributed by atoms with Crippen molar-refractivity contribution in [3.05, 3.63) is 74.8 Å². The van der Waals surface area contributed by atoms with Crippen LogP contribution in [0.4, 0.5) is 0 Å². The Hall–Kier alpha value is -3.13. The molecule has 0 spiro atoms. The lowest BCUT2D eigenvalue weighted by molar-refractivity contribution is 0.0759. The molecule has 32 heavy (non-hydrogen) atoms. The van der Waals surface area contributed by atoms with Gasteiger partial charge in [0, 0.05) is 18.5 Å². The highest BCUT2D eigenvalue weighted by atomic mass is 32.2. The molecule has 0 aliphatic carbocycles. The molecule has 8 heteroatoms. The van der Waals surface area contributed by atoms with Crippen LogP contribution in [0.2, 0.25) is 0 Å². The summed E-state index contributed by atoms with van der Waals surface area (Å²) in [6.45, 7) is 0.619. The molecule has 2 aromatic carbocycles. The van der Waals surface area contributed by atoms with E-state index in [9.17, 15) is 9.59 Å². The number of carbonyl (C=O) groups excluding carboxylic acids is 1. The van der Waals surface area contributed by atoms with Crippen LogP contribution in [-0.2, 0) is 13.0 Å². The second kappa shape index (κ2) is 6.68. The second-order valence-corrected chi connectivity index (χ2v) is 10.2. The van der Waals surface area contributed by atoms with Crippen molar-refractivity contribution in [3.63, 3.8) is 0 Å². The number of hydrogen-bond acceptors (Lipinski definition) is 5. The number of fused-ring (bicyclic) bond motifs is 8. The summed E-state index contributed by atoms with van der Waals surface area (Å²) in [4.78, 5) is 30.8. The van der Waals surface area contributed by atoms with E-state index in [2.05, 4.69) is 33.4 Å². The molecule has 7 rings (SSSR count). The van der Waals surface area contributed by atoms with Gasteiger partial charge in [0.1, 0.15) is 5.82 Å². The van der Waals surface area contributed by atoms with Crippen LogP contribution in [0.15, 0.2) is 41.2 Å². The Bertz CT molecular complexity index is 1480. The summed E-state index contributed by atoms with van der Waals surface area (Å²) in [5.41, 5.74) is 5.62. The Morgan fingerprint density at radius 3 is 2.78 bits per heavy atom. The summed E-state index contributed by atoms with van der Waals surface area (Å²) in [5.74, 6) is 3.77. The summed E-state index contributed by atoms with van der Waals surface area (Å²) >= 11 is 2.00. The first-order valence-corrected chi connectivity index (χ1v) is 12.2. The average Bonchev–Trinajstić information content (AvgIpc) is 3.47. The maximum Gasteiger partial charge on any atom is 0.294 e. The zero-order valence-corrected chi connectivity index (χ0v) is 18.2. The first-order chi connectivity index (χ1) is 15.7. The number of nitrogens with zero attached hydrogens (tertiary/aromatic N) is 4. The average molecular weight is 444 g/mol. The first kappa shape index (κ1) is 18.4. The lowest BCUT2D eigenvalue weighted by atomic mass is 9.96. The van der Waals surface area contributed by atoms with Gasteiger partial charge in [-0.15, -0.1) is 10.2 Å². The van der Waals surface area contributed by atoms with Gasteiger partial charge in [0.15, 0.2) is 0 Å². The van der Waals surface area contributed by atoms with Crippen LogP contribution in [0, 0.1) is 5.92 Å². The number of nitrogens with one attached hydrogen (secondary N) is 1. The second-order valence-electron chi connectivity index (χ2n) is 8.98. The van der Waals surface area contributed by atoms with Gasteiger partial charge in [0.25, 0.3) is 11.5 Å². The van der Waals surface area contributed by atoms with E-state index in [0.717, 1.165) is 23.3 Å². The number of aromatic amines is 1. The van der Waals surface area contributed by atoms with E-state index in [0.29, 0.717) is 29.2 Å². The van der Waals surface area contributed by atoms with Gasteiger partial charge in [0.05, 0.1) is 17.1 Å². The topological polar surface area (TPSA) is 83.4 Å². The normalized spacial score (nSPS) is 20.2. The third-order valence-electron chi connectivity index (χ3n) is 7.19. The molecule has 1 saturated heterocycles. The number of aromatic nitrogens is 4. The summed E-state index contributed by atoms with van der Waals surface area (Å²) in [5, 5.41) is 8.65. The molecule has 3 aliphatic rings. The third kappa shape index (κ3) is 2.50. The van der Waals surface area contributed by atoms with Crippen molar-refractivity contribution < 1.29 is 4.79 Å². The zero-order chi connectivity index (χ0) is 21.4. The predicted octanol–water partition coefficient (Wildman–Crippen LogP) is 3.32. The number of thioether (sulfide) groups is 1. The van der Waals surface area contributed by atoms with Crippen molar-refractivity contribution in [2.24, 2.45) is 5.92 Å². The van der Waals surface area contributed by atoms with Gasteiger partial charge in [-0.1, -0.05) is 24.3 Å². The SMILES string of the molecule is O=C1c2cc3[nH]c(=O)c4nnc(CC5CCSCC5)n4c3cc2C2c3ccccc3CN12. The highest BCUT2D eigenvalue weighted by molar-refractivity contribution is 7.99. The maximum absolute atomic E-state index is 13.2. The van der Waals surface area contributed by atoms with Crippen LogP contribution in [0.1, 0.15) is 51.8 Å². The molecule has 0 saturated carbocycles. The Morgan fingerprint density at radius 1 is 1.06 bits per heavy atom. The van der Waals surface area contributed by atoms with Crippen LogP contribution in [0.3, 0.4) is 0 Å². The highest BCUT2D eigenvalue weighted by Gasteiger charge is 2.43. The molecule has 1 unspecified atom stereocenters. The van der Waals surface area contributed by atoms with Gasteiger partial charge in [-0.3, -0.25) is 14.0 Å². The van der Waals surface area contributed by atoms with Crippen molar-refractivity contribution in [2.75, 3.05) is 11.5 Å². The lowest BCUT2D eigenvalue weighted by Gasteiger charge is -2.20. The Balaban J connectivity index is 1.44. The molecule has 7 nitrogen and oxygen atoms in total. The van der Waals surface area contributed by atoms with Crippen LogP contribution in [-0.4, -0.2) is 41.9 Å². The summed E-state index contributed by atoms with van der Waals surface area (Å²) in [6.07, 6.45) is 3.14. The molecule has 4 aromatic rings. The van der Waals surface area contributed by atoms with E-state index in [1.807, 2.05) is 39.3 Å². The first-order valence-electron chi connectivity index (χ1n) is 11.1. The molecule has 1 atom stereocenters. The number of carbonyl (C=O) groups is 1. The van der Waals surface area contributed by atoms with E-state index in [1.165, 1.54) is 35.5 Å². The summed E-state index contributed by atoms with van der Waals surface area (Å²) in [7, 11) is 0. The quantitative estimate of drug-likeness (QED) is 0.514. The van der Waals surface area contributed by atoms with E-state index >= 15 is 0 Å². The van der Waals surface area contributed by atoms with Crippen molar-refractivity contribution in [2.45, 2.75) is 31.8 Å². The van der Waals surface area contributed by atoms with E-state index in [1.54, 1.807) is 0 Å². The minimum Gasteiger partial charge on any atom is -0.323 e. The van der Waals surface area contributed by atoms with E-state index in [-0.39, 0.29) is 17.5 Å². The molecule has 3 aliphatic heterocycles. The fourth-order valence-corrected chi connectivity index (χ4v) is 6.81. The Labute approximate surface area is 187 Å². The number of benzene rings is 2. The molecular formula is C24H21N5O2S. The van der Waals surface area contributed by atoms with Crippen molar-refractivity contribution in [1.82, 2.24) is 24.5 Å². The van der Waals surface area contributed by atoms with Crippen LogP contribution < -0.4 is 5.56 Å². The minimum atomic E-state index is -0.272. The molecule has 1 N–H and O–H groups in total. The molecule has 160 valence electrons. The largest absolute Gasteiger partial charge is 0.323 e. The van der Waals surface area contributed by atoms with Crippen molar-refractivity contribution in [3.8, 4) is 0 Å². The molecule has 1 fully saturated rings. The van der Waals surface area contributed by atoms with Crippen LogP contribution in [0.25, 0.3) is 16.7 Å². The Morgan fingerprint density at radius 2 is 1.91 bits per heavy atom. The van der Waals surface area contributed by atoms with Gasteiger partial charge in [-0.05, 0) is 59.1 Å². The van der Waals surface area contributed by atoms with Crippen LogP contribution in [0.5, 0.6) is 0 Å². The van der Waals surface area contributed by atoms with E-state index < -0.39 is 0 Å². The molecule has 1 amide bonds. The fraction of sp³-hybridized carbons (Fsp3) is 0.333. The van der Waals surface area contributed by atoms with Crippen molar-refractivity contribution >= 4 is 34.3 Å². The van der Waals surface area contributed by atoms with Gasteiger partial charge in [-0.2, -0.15) is 11.8 Å². The summed E-state index contributed by atoms with van der Waals surface area (Å²) < 4.78 is 1.92. The minimum absolute atomic E-state index is 0.0210. The van der Waals surface area contributed by atoms with Gasteiger partial charge in [0.2, 0.25) is 5.65 Å². The van der Waals surface area contributed by atoms with Gasteiger partial charge >= 0.3 is 0 Å². The van der Waals surface area contributed by atoms with Gasteiger partial charge in [-0.25, -0.2) is 0 Å². The molecule has 2 aromatic heterocycles. The molecular weight excluding hydrogens is 422 g/mol. The lowest BCUT2D eigenvalue weighted by Crippen LogP contribution is -2.21. The van der Waals surface area contributed by atoms with Gasteiger partial charge < -0.3 is 9.88 Å². The van der Waals surface area contributed by atoms with Crippen molar-refractivity contribution in [1.29, 1.82) is 0 Å². The zero-order valence-electron chi connectivity index (χ0n) is 17.4. The predicted molar refractivity (Wildman–Crippen MR) is 123 cm³/mol. The third-order valence-corrected chi connectivity index (χ3v) is 8.24. The Kier molecular flexibility index (Phi) is 3.85. The number of amides is 1. The van der Waals surface area contributed by atoms with E-state index in [4.69, 9.17) is 0 Å². The molecule has 0 bridgehead atoms. The summed E-state index contributed by atoms with van der Waals surface area (Å²) in [6, 6.07) is 12.1. The monoisotopic (exact) mass is 443 g/mol. The highest BCUT2D eigenvalue weighted by Crippen LogP contribution is 2.46. The van der Waals surface area contributed by atoms with Crippen LogP contribution >= 0.6 is 11.8 Å². The number of hydrogen-bond donors (Lipinski definition) is 1. The number of H-pyrrole nitrogens is 1. The molecule has 5 heterocycles.